The zero-order valence-corrected chi connectivity index (χ0v) is 11.7. The van der Waals surface area contributed by atoms with Gasteiger partial charge in [-0.3, -0.25) is 0 Å². The number of nitrogens with one attached hydrogen (secondary N) is 1. The van der Waals surface area contributed by atoms with Crippen LogP contribution in [-0.2, 0) is 9.84 Å². The molecule has 2 aliphatic rings. The first-order valence-electron chi connectivity index (χ1n) is 6.79. The third kappa shape index (κ3) is 3.16. The van der Waals surface area contributed by atoms with E-state index in [-0.39, 0.29) is 23.6 Å². The number of nitrogens with zero attached hydrogens (tertiary/aromatic N) is 1. The Labute approximate surface area is 109 Å². The van der Waals surface area contributed by atoms with E-state index in [0.717, 1.165) is 25.8 Å². The number of rotatable bonds is 2. The van der Waals surface area contributed by atoms with E-state index in [1.54, 1.807) is 0 Å². The lowest BCUT2D eigenvalue weighted by Crippen LogP contribution is -2.51. The van der Waals surface area contributed by atoms with Crippen LogP contribution in [0.4, 0.5) is 4.79 Å². The van der Waals surface area contributed by atoms with Gasteiger partial charge in [0.05, 0.1) is 11.5 Å². The number of sulfone groups is 1. The summed E-state index contributed by atoms with van der Waals surface area (Å²) >= 11 is 0. The monoisotopic (exact) mass is 274 g/mol. The topological polar surface area (TPSA) is 66.5 Å². The van der Waals surface area contributed by atoms with Crippen molar-refractivity contribution in [3.8, 4) is 0 Å². The van der Waals surface area contributed by atoms with Crippen molar-refractivity contribution in [2.45, 2.75) is 51.1 Å². The quantitative estimate of drug-likeness (QED) is 0.821. The molecule has 2 unspecified atom stereocenters. The standard InChI is InChI=1S/C12H22N2O3S/c1-2-11-5-3-4-7-14(11)12(15)13-10-6-8-18(16,17)9-10/h10-11H,2-9H2,1H3,(H,13,15). The fraction of sp³-hybridized carbons (Fsp3) is 0.917. The van der Waals surface area contributed by atoms with Gasteiger partial charge in [0, 0.05) is 18.6 Å². The highest BCUT2D eigenvalue weighted by Crippen LogP contribution is 2.20. The van der Waals surface area contributed by atoms with Crippen LogP contribution in [0.5, 0.6) is 0 Å². The predicted octanol–water partition coefficient (Wildman–Crippen LogP) is 1.15. The van der Waals surface area contributed by atoms with Crippen LogP contribution >= 0.6 is 0 Å². The Hall–Kier alpha value is -0.780. The molecule has 5 nitrogen and oxygen atoms in total. The van der Waals surface area contributed by atoms with Crippen LogP contribution in [0.25, 0.3) is 0 Å². The van der Waals surface area contributed by atoms with Gasteiger partial charge in [0.1, 0.15) is 0 Å². The van der Waals surface area contributed by atoms with E-state index in [4.69, 9.17) is 0 Å². The second kappa shape index (κ2) is 5.47. The zero-order valence-electron chi connectivity index (χ0n) is 10.9. The summed E-state index contributed by atoms with van der Waals surface area (Å²) in [4.78, 5) is 14.0. The van der Waals surface area contributed by atoms with Crippen molar-refractivity contribution in [2.24, 2.45) is 0 Å². The second-order valence-electron chi connectivity index (χ2n) is 5.30. The van der Waals surface area contributed by atoms with Crippen molar-refractivity contribution in [1.29, 1.82) is 0 Å². The number of likely N-dealkylation sites (tertiary alicyclic amines) is 1. The minimum absolute atomic E-state index is 0.0800. The van der Waals surface area contributed by atoms with Crippen molar-refractivity contribution >= 4 is 15.9 Å². The normalized spacial score (nSPS) is 31.3. The van der Waals surface area contributed by atoms with Gasteiger partial charge in [0.2, 0.25) is 0 Å². The van der Waals surface area contributed by atoms with Crippen molar-refractivity contribution in [3.63, 3.8) is 0 Å². The Kier molecular flexibility index (Phi) is 4.14. The van der Waals surface area contributed by atoms with Crippen LogP contribution in [0.15, 0.2) is 0 Å². The first-order valence-corrected chi connectivity index (χ1v) is 8.61. The lowest BCUT2D eigenvalue weighted by atomic mass is 10.0. The summed E-state index contributed by atoms with van der Waals surface area (Å²) in [5.74, 6) is 0.304. The summed E-state index contributed by atoms with van der Waals surface area (Å²) < 4.78 is 22.7. The van der Waals surface area contributed by atoms with Crippen molar-refractivity contribution in [1.82, 2.24) is 10.2 Å². The summed E-state index contributed by atoms with van der Waals surface area (Å²) in [5.41, 5.74) is 0. The molecule has 0 radical (unpaired) electrons. The molecule has 18 heavy (non-hydrogen) atoms. The highest BCUT2D eigenvalue weighted by atomic mass is 32.2. The molecule has 0 saturated carbocycles. The maximum Gasteiger partial charge on any atom is 0.317 e. The van der Waals surface area contributed by atoms with Crippen LogP contribution in [0.2, 0.25) is 0 Å². The average Bonchev–Trinajstić information content (AvgIpc) is 2.68. The summed E-state index contributed by atoms with van der Waals surface area (Å²) in [5, 5.41) is 2.88. The third-order valence-corrected chi connectivity index (χ3v) is 5.69. The number of hydrogen-bond acceptors (Lipinski definition) is 3. The molecule has 2 saturated heterocycles. The Morgan fingerprint density at radius 3 is 2.72 bits per heavy atom. The Morgan fingerprint density at radius 1 is 1.33 bits per heavy atom. The fourth-order valence-corrected chi connectivity index (χ4v) is 4.53. The van der Waals surface area contributed by atoms with Crippen molar-refractivity contribution in [3.05, 3.63) is 0 Å². The van der Waals surface area contributed by atoms with Gasteiger partial charge in [-0.05, 0) is 32.1 Å². The largest absolute Gasteiger partial charge is 0.334 e. The Morgan fingerprint density at radius 2 is 2.11 bits per heavy atom. The van der Waals surface area contributed by atoms with E-state index < -0.39 is 9.84 Å². The predicted molar refractivity (Wildman–Crippen MR) is 70.2 cm³/mol. The van der Waals surface area contributed by atoms with Crippen LogP contribution in [0, 0.1) is 0 Å². The number of piperidine rings is 1. The number of hydrogen-bond donors (Lipinski definition) is 1. The van der Waals surface area contributed by atoms with Gasteiger partial charge in [-0.15, -0.1) is 0 Å². The first-order chi connectivity index (χ1) is 8.52. The molecule has 2 atom stereocenters. The van der Waals surface area contributed by atoms with Gasteiger partial charge < -0.3 is 10.2 Å². The van der Waals surface area contributed by atoms with Crippen LogP contribution in [0.1, 0.15) is 39.0 Å². The molecule has 104 valence electrons. The van der Waals surface area contributed by atoms with E-state index in [1.165, 1.54) is 6.42 Å². The van der Waals surface area contributed by atoms with Gasteiger partial charge in [-0.1, -0.05) is 6.92 Å². The van der Waals surface area contributed by atoms with E-state index in [9.17, 15) is 13.2 Å². The fourth-order valence-electron chi connectivity index (χ4n) is 2.86. The molecule has 0 aromatic rings. The summed E-state index contributed by atoms with van der Waals surface area (Å²) in [6, 6.07) is 0.0438. The zero-order chi connectivity index (χ0) is 13.2. The molecule has 2 amide bonds. The van der Waals surface area contributed by atoms with E-state index in [1.807, 2.05) is 4.90 Å². The average molecular weight is 274 g/mol. The number of amides is 2. The number of urea groups is 1. The van der Waals surface area contributed by atoms with Crippen LogP contribution < -0.4 is 5.32 Å². The smallest absolute Gasteiger partial charge is 0.317 e. The Balaban J connectivity index is 1.91. The minimum Gasteiger partial charge on any atom is -0.334 e. The lowest BCUT2D eigenvalue weighted by Gasteiger charge is -2.35. The van der Waals surface area contributed by atoms with Gasteiger partial charge in [-0.2, -0.15) is 0 Å². The summed E-state index contributed by atoms with van der Waals surface area (Å²) in [6.07, 6.45) is 4.81. The molecule has 2 fully saturated rings. The number of carbonyl (C=O) groups excluding carboxylic acids is 1. The van der Waals surface area contributed by atoms with Crippen LogP contribution in [-0.4, -0.2) is 49.5 Å². The third-order valence-electron chi connectivity index (χ3n) is 3.92. The Bertz CT molecular complexity index is 408. The molecule has 6 heteroatoms. The highest BCUT2D eigenvalue weighted by Gasteiger charge is 2.32. The first kappa shape index (κ1) is 13.6. The van der Waals surface area contributed by atoms with Gasteiger partial charge in [-0.25, -0.2) is 13.2 Å². The minimum atomic E-state index is -2.92. The summed E-state index contributed by atoms with van der Waals surface area (Å²) in [6.45, 7) is 2.89. The SMILES string of the molecule is CCC1CCCCN1C(=O)NC1CCS(=O)(=O)C1. The maximum atomic E-state index is 12.2. The summed E-state index contributed by atoms with van der Waals surface area (Å²) in [7, 11) is -2.92. The molecule has 0 spiro atoms. The molecule has 0 bridgehead atoms. The molecule has 0 aromatic heterocycles. The van der Waals surface area contributed by atoms with Gasteiger partial charge >= 0.3 is 6.03 Å². The molecule has 1 N–H and O–H groups in total. The van der Waals surface area contributed by atoms with Crippen LogP contribution in [0.3, 0.4) is 0 Å². The molecule has 0 aromatic carbocycles. The maximum absolute atomic E-state index is 12.2. The highest BCUT2D eigenvalue weighted by molar-refractivity contribution is 7.91. The lowest BCUT2D eigenvalue weighted by molar-refractivity contribution is 0.146. The number of carbonyl (C=O) groups is 1. The van der Waals surface area contributed by atoms with Gasteiger partial charge in [0.15, 0.2) is 9.84 Å². The van der Waals surface area contributed by atoms with Gasteiger partial charge in [0.25, 0.3) is 0 Å². The van der Waals surface area contributed by atoms with Crippen molar-refractivity contribution < 1.29 is 13.2 Å². The molecular weight excluding hydrogens is 252 g/mol. The van der Waals surface area contributed by atoms with Crippen molar-refractivity contribution in [2.75, 3.05) is 18.1 Å². The van der Waals surface area contributed by atoms with E-state index >= 15 is 0 Å². The molecule has 2 heterocycles. The molecule has 2 aliphatic heterocycles. The molecule has 2 rings (SSSR count). The molecule has 0 aliphatic carbocycles. The second-order valence-corrected chi connectivity index (χ2v) is 7.53. The van der Waals surface area contributed by atoms with E-state index in [0.29, 0.717) is 12.5 Å². The van der Waals surface area contributed by atoms with E-state index in [2.05, 4.69) is 12.2 Å². The molecular formula is C12H22N2O3S.